The van der Waals surface area contributed by atoms with Gasteiger partial charge in [-0.25, -0.2) is 0 Å². The lowest BCUT2D eigenvalue weighted by Crippen LogP contribution is -2.28. The van der Waals surface area contributed by atoms with Crippen LogP contribution in [0.3, 0.4) is 0 Å². The Morgan fingerprint density at radius 2 is 1.78 bits per heavy atom. The highest BCUT2D eigenvalue weighted by atomic mass is 35.5. The molecule has 0 aliphatic rings. The van der Waals surface area contributed by atoms with Gasteiger partial charge in [0, 0.05) is 29.9 Å². The lowest BCUT2D eigenvalue weighted by atomic mass is 10.2. The van der Waals surface area contributed by atoms with E-state index in [1.165, 1.54) is 16.8 Å². The molecule has 0 spiro atoms. The predicted molar refractivity (Wildman–Crippen MR) is 120 cm³/mol. The Morgan fingerprint density at radius 3 is 2.47 bits per heavy atom. The third-order valence-electron chi connectivity index (χ3n) is 4.83. The number of benzene rings is 2. The van der Waals surface area contributed by atoms with Gasteiger partial charge in [-0.3, -0.25) is 19.1 Å². The van der Waals surface area contributed by atoms with Crippen LogP contribution >= 0.6 is 11.6 Å². The summed E-state index contributed by atoms with van der Waals surface area (Å²) in [6.07, 6.45) is 3.13. The summed E-state index contributed by atoms with van der Waals surface area (Å²) in [6, 6.07) is 13.0. The molecule has 0 atom stereocenters. The van der Waals surface area contributed by atoms with Crippen LogP contribution in [0.2, 0.25) is 5.02 Å². The van der Waals surface area contributed by atoms with Crippen LogP contribution in [0, 0.1) is 0 Å². The normalized spacial score (nSPS) is 10.7. The van der Waals surface area contributed by atoms with Crippen molar-refractivity contribution < 1.29 is 19.0 Å². The smallest absolute Gasteiger partial charge is 0.267 e. The highest BCUT2D eigenvalue weighted by molar-refractivity contribution is 6.32. The van der Waals surface area contributed by atoms with E-state index in [0.717, 1.165) is 5.39 Å². The number of hydrogen-bond donors (Lipinski definition) is 1. The molecule has 0 aliphatic carbocycles. The van der Waals surface area contributed by atoms with Crippen molar-refractivity contribution in [2.75, 3.05) is 14.2 Å². The lowest BCUT2D eigenvalue weighted by Gasteiger charge is -2.14. The Bertz CT molecular complexity index is 1400. The molecule has 9 heteroatoms. The Labute approximate surface area is 187 Å². The predicted octanol–water partition coefficient (Wildman–Crippen LogP) is 3.95. The minimum absolute atomic E-state index is 0.128. The average Bonchev–Trinajstić information content (AvgIpc) is 2.79. The number of ether oxygens (including phenoxy) is 3. The van der Waals surface area contributed by atoms with Crippen LogP contribution in [0.25, 0.3) is 16.6 Å². The number of rotatable bonds is 6. The third-order valence-corrected chi connectivity index (χ3v) is 5.13. The van der Waals surface area contributed by atoms with Crippen LogP contribution in [-0.4, -0.2) is 29.7 Å². The van der Waals surface area contributed by atoms with Gasteiger partial charge in [-0.15, -0.1) is 0 Å². The van der Waals surface area contributed by atoms with Gasteiger partial charge in [0.1, 0.15) is 17.1 Å². The van der Waals surface area contributed by atoms with Gasteiger partial charge in [0.15, 0.2) is 11.5 Å². The molecule has 2 aromatic heterocycles. The van der Waals surface area contributed by atoms with Crippen molar-refractivity contribution in [3.63, 3.8) is 0 Å². The molecule has 0 saturated heterocycles. The van der Waals surface area contributed by atoms with Gasteiger partial charge in [-0.2, -0.15) is 0 Å². The summed E-state index contributed by atoms with van der Waals surface area (Å²) >= 11 is 6.43. The van der Waals surface area contributed by atoms with Gasteiger partial charge in [-0.1, -0.05) is 11.6 Å². The fourth-order valence-electron chi connectivity index (χ4n) is 3.28. The lowest BCUT2D eigenvalue weighted by molar-refractivity contribution is 0.0998. The van der Waals surface area contributed by atoms with Gasteiger partial charge in [0.2, 0.25) is 0 Å². The molecule has 0 unspecified atom stereocenters. The molecular weight excluding hydrogens is 434 g/mol. The maximum Gasteiger partial charge on any atom is 0.267 e. The molecule has 162 valence electrons. The number of carbonyl (C=O) groups is 1. The van der Waals surface area contributed by atoms with E-state index in [4.69, 9.17) is 31.5 Å². The van der Waals surface area contributed by atoms with Gasteiger partial charge < -0.3 is 19.9 Å². The zero-order chi connectivity index (χ0) is 22.8. The van der Waals surface area contributed by atoms with Crippen molar-refractivity contribution in [2.24, 2.45) is 5.73 Å². The van der Waals surface area contributed by atoms with E-state index in [1.54, 1.807) is 62.9 Å². The number of pyridine rings is 2. The molecule has 0 saturated carbocycles. The third kappa shape index (κ3) is 3.83. The van der Waals surface area contributed by atoms with Gasteiger partial charge >= 0.3 is 0 Å². The zero-order valence-corrected chi connectivity index (χ0v) is 17.9. The molecule has 4 rings (SSSR count). The summed E-state index contributed by atoms with van der Waals surface area (Å²) in [5, 5.41) is 0.972. The van der Waals surface area contributed by atoms with E-state index in [0.29, 0.717) is 34.2 Å². The maximum absolute atomic E-state index is 12.5. The second-order valence-electron chi connectivity index (χ2n) is 6.71. The van der Waals surface area contributed by atoms with Crippen LogP contribution in [0.1, 0.15) is 10.4 Å². The summed E-state index contributed by atoms with van der Waals surface area (Å²) in [7, 11) is 3.10. The van der Waals surface area contributed by atoms with Crippen molar-refractivity contribution >= 4 is 28.4 Å². The Morgan fingerprint density at radius 1 is 1.03 bits per heavy atom. The highest BCUT2D eigenvalue weighted by Gasteiger charge is 2.14. The number of hydrogen-bond acceptors (Lipinski definition) is 6. The van der Waals surface area contributed by atoms with Gasteiger partial charge in [0.25, 0.3) is 11.5 Å². The Hall–Kier alpha value is -4.04. The molecule has 4 aromatic rings. The monoisotopic (exact) mass is 451 g/mol. The van der Waals surface area contributed by atoms with Crippen molar-refractivity contribution in [1.82, 2.24) is 9.55 Å². The van der Waals surface area contributed by atoms with Crippen molar-refractivity contribution in [2.45, 2.75) is 0 Å². The SMILES string of the molecule is COc1cc2nccc(Oc3ccc(-n4cccc(C(N)=O)c4=O)c(Cl)c3)c2cc1OC. The van der Waals surface area contributed by atoms with Crippen LogP contribution in [-0.2, 0) is 0 Å². The summed E-state index contributed by atoms with van der Waals surface area (Å²) in [5.74, 6) is 1.27. The number of fused-ring (bicyclic) bond motifs is 1. The molecule has 2 N–H and O–H groups in total. The number of amides is 1. The van der Waals surface area contributed by atoms with E-state index in [9.17, 15) is 9.59 Å². The van der Waals surface area contributed by atoms with Crippen LogP contribution in [0.4, 0.5) is 0 Å². The largest absolute Gasteiger partial charge is 0.493 e. The van der Waals surface area contributed by atoms with Crippen molar-refractivity contribution in [3.8, 4) is 28.7 Å². The van der Waals surface area contributed by atoms with Crippen molar-refractivity contribution in [3.05, 3.63) is 81.9 Å². The summed E-state index contributed by atoms with van der Waals surface area (Å²) in [4.78, 5) is 28.4. The number of halogens is 1. The number of methoxy groups -OCH3 is 2. The number of nitrogens with zero attached hydrogens (tertiary/aromatic N) is 2. The minimum Gasteiger partial charge on any atom is -0.493 e. The molecule has 0 aliphatic heterocycles. The fourth-order valence-corrected chi connectivity index (χ4v) is 3.54. The zero-order valence-electron chi connectivity index (χ0n) is 17.2. The second-order valence-corrected chi connectivity index (χ2v) is 7.12. The summed E-state index contributed by atoms with van der Waals surface area (Å²) in [6.45, 7) is 0. The quantitative estimate of drug-likeness (QED) is 0.476. The number of aromatic nitrogens is 2. The minimum atomic E-state index is -0.808. The number of carbonyl (C=O) groups excluding carboxylic acids is 1. The average molecular weight is 452 g/mol. The molecule has 1 amide bonds. The van der Waals surface area contributed by atoms with E-state index in [1.807, 2.05) is 0 Å². The first-order valence-corrected chi connectivity index (χ1v) is 9.80. The fraction of sp³-hybridized carbons (Fsp3) is 0.0870. The van der Waals surface area contributed by atoms with E-state index >= 15 is 0 Å². The molecule has 0 radical (unpaired) electrons. The Kier molecular flexibility index (Phi) is 5.70. The standard InChI is InChI=1S/C23H18ClN3O5/c1-30-20-11-15-17(12-21(20)31-2)26-8-7-19(15)32-13-5-6-18(16(24)10-13)27-9-3-4-14(22(25)28)23(27)29/h3-12H,1-2H3,(H2,25,28). The Balaban J connectivity index is 1.73. The van der Waals surface area contributed by atoms with Gasteiger partial charge in [-0.05, 0) is 36.4 Å². The molecule has 2 heterocycles. The molecule has 0 bridgehead atoms. The first kappa shape index (κ1) is 21.2. The number of nitrogens with two attached hydrogens (primary N) is 1. The van der Waals surface area contributed by atoms with Crippen molar-refractivity contribution in [1.29, 1.82) is 0 Å². The first-order chi connectivity index (χ1) is 15.4. The molecule has 8 nitrogen and oxygen atoms in total. The molecular formula is C23H18ClN3O5. The maximum atomic E-state index is 12.5. The van der Waals surface area contributed by atoms with Crippen LogP contribution in [0.15, 0.2) is 65.7 Å². The topological polar surface area (TPSA) is 106 Å². The summed E-state index contributed by atoms with van der Waals surface area (Å²) in [5.41, 5.74) is 5.63. The molecule has 32 heavy (non-hydrogen) atoms. The van der Waals surface area contributed by atoms with E-state index in [-0.39, 0.29) is 10.6 Å². The van der Waals surface area contributed by atoms with E-state index in [2.05, 4.69) is 4.98 Å². The first-order valence-electron chi connectivity index (χ1n) is 9.43. The molecule has 2 aromatic carbocycles. The molecule has 0 fully saturated rings. The number of primary amides is 1. The van der Waals surface area contributed by atoms with Crippen LogP contribution in [0.5, 0.6) is 23.0 Å². The summed E-state index contributed by atoms with van der Waals surface area (Å²) < 4.78 is 18.0. The van der Waals surface area contributed by atoms with Crippen LogP contribution < -0.4 is 25.5 Å². The highest BCUT2D eigenvalue weighted by Crippen LogP contribution is 2.37. The second kappa shape index (κ2) is 8.60. The van der Waals surface area contributed by atoms with Gasteiger partial charge in [0.05, 0.1) is 30.4 Å². The van der Waals surface area contributed by atoms with E-state index < -0.39 is 11.5 Å².